The Kier molecular flexibility index (Phi) is 21.8. The van der Waals surface area contributed by atoms with Crippen molar-refractivity contribution in [3.05, 3.63) is 173 Å². The number of benzene rings is 9. The second-order valence-corrected chi connectivity index (χ2v) is 31.4. The summed E-state index contributed by atoms with van der Waals surface area (Å²) in [7, 11) is -10.2. The van der Waals surface area contributed by atoms with Gasteiger partial charge in [0.05, 0.1) is 0 Å². The zero-order chi connectivity index (χ0) is 61.7. The summed E-state index contributed by atoms with van der Waals surface area (Å²) in [6, 6.07) is 41.1. The van der Waals surface area contributed by atoms with Gasteiger partial charge in [0.1, 0.15) is 0 Å². The van der Waals surface area contributed by atoms with Crippen molar-refractivity contribution in [2.45, 2.75) is 41.4 Å². The zero-order valence-electron chi connectivity index (χ0n) is 54.7. The molecule has 0 saturated heterocycles. The van der Waals surface area contributed by atoms with Gasteiger partial charge in [-0.3, -0.25) is 0 Å². The molecular formula is C62H45InN8Na4O15S4. The summed E-state index contributed by atoms with van der Waals surface area (Å²) in [5, 5.41) is 32.4. The monoisotopic (exact) mass is 1480 g/mol. The van der Waals surface area contributed by atoms with Crippen LogP contribution in [0, 0.1) is 11.8 Å². The topological polar surface area (TPSA) is 298 Å². The number of hydrogen-bond acceptors (Lipinski definition) is 21. The van der Waals surface area contributed by atoms with Gasteiger partial charge in [0.15, 0.2) is 0 Å². The van der Waals surface area contributed by atoms with Gasteiger partial charge in [0, 0.05) is 0 Å². The summed E-state index contributed by atoms with van der Waals surface area (Å²) in [5.41, 5.74) is 3.34. The van der Waals surface area contributed by atoms with Crippen LogP contribution in [0.15, 0.2) is 184 Å². The SMILES string of the molecule is CC#CCOc1c2c(c(OCCCC)c3ccccc13)C1=Nc3c4cc5cc(S(=O)(=O)O)ccc5cc4c4[n]3[In]([O]S(=O)(=O)O)[n]3c(c5cc6cc(SOOO)ccc6cc5c3=NC2=N1)=NC1=NC(=N4)c2cc3ccccc3c(-c3ccc(SOOO)cc3)c21.[H-].[H-].[H-].[H-].[Na+].[Na+].[Na+].[Na+]. The average Bonchev–Trinajstić information content (AvgIpc) is 1.54. The smallest absolute Gasteiger partial charge is 1.00 e. The summed E-state index contributed by atoms with van der Waals surface area (Å²) in [6.07, 6.45) is 1.47. The van der Waals surface area contributed by atoms with Gasteiger partial charge < -0.3 is 5.71 Å². The van der Waals surface area contributed by atoms with Crippen LogP contribution in [-0.2, 0) is 41.6 Å². The second kappa shape index (κ2) is 28.8. The van der Waals surface area contributed by atoms with Crippen LogP contribution in [0.2, 0.25) is 0 Å². The van der Waals surface area contributed by atoms with Gasteiger partial charge in [-0.2, -0.15) is 0 Å². The largest absolute Gasteiger partial charge is 1.00 e. The van der Waals surface area contributed by atoms with Crippen molar-refractivity contribution in [2.75, 3.05) is 13.2 Å². The minimum absolute atomic E-state index is 0. The predicted octanol–water partition coefficient (Wildman–Crippen LogP) is 0.170. The number of amidine groups is 4. The zero-order valence-corrected chi connectivity index (χ0v) is 65.2. The Morgan fingerprint density at radius 1 is 0.532 bits per heavy atom. The molecule has 32 heteroatoms. The number of aliphatic imine (C=N–C) groups is 4. The van der Waals surface area contributed by atoms with Crippen LogP contribution in [0.5, 0.6) is 11.5 Å². The fourth-order valence-corrected chi connectivity index (χ4v) is 22.3. The second-order valence-electron chi connectivity index (χ2n) is 20.9. The van der Waals surface area contributed by atoms with E-state index in [0.29, 0.717) is 110 Å². The molecule has 4 aliphatic heterocycles. The van der Waals surface area contributed by atoms with Crippen molar-refractivity contribution in [2.24, 2.45) is 30.0 Å². The van der Waals surface area contributed by atoms with Crippen molar-refractivity contribution in [1.29, 1.82) is 0 Å². The number of nitrogens with zero attached hydrogens (tertiary/aromatic N) is 8. The molecule has 94 heavy (non-hydrogen) atoms. The number of unbranched alkanes of at least 4 members (excludes halogenated alkanes) is 1. The first-order valence-corrected chi connectivity index (χ1v) is 36.1. The van der Waals surface area contributed by atoms with Crippen LogP contribution in [0.1, 0.15) is 54.6 Å². The average molecular weight is 1480 g/mol. The van der Waals surface area contributed by atoms with E-state index in [1.54, 1.807) is 48.4 Å². The Morgan fingerprint density at radius 2 is 1.07 bits per heavy atom. The van der Waals surface area contributed by atoms with E-state index in [1.807, 2.05) is 91.9 Å². The molecule has 0 fully saturated rings. The first-order chi connectivity index (χ1) is 43.7. The van der Waals surface area contributed by atoms with Gasteiger partial charge in [0.2, 0.25) is 0 Å². The van der Waals surface area contributed by atoms with E-state index >= 15 is 0 Å². The van der Waals surface area contributed by atoms with E-state index in [2.05, 4.69) is 21.9 Å². The molecule has 0 atom stereocenters. The van der Waals surface area contributed by atoms with Gasteiger partial charge in [-0.05, 0) is 0 Å². The Hall–Kier alpha value is -4.35. The van der Waals surface area contributed by atoms with E-state index in [4.69, 9.17) is 55.7 Å². The standard InChI is InChI=1S/C62H40N8O11S3.In.4Na.H2O4S.4H/c1-3-5-23-76-53-42-13-9-10-14-43(42)54(77-24-6-4-2)52-51(53)61-67-56-45-27-33-17-21-39(83-81-79-72)25-36(33)30-46(45)57(64-56)66-60-50-48(29-35-11-7-8-12-41(35)49(50)32-15-19-38(20-16-32)82-80-78-71)59(69-60)65-55-44-28-34-18-22-40(84(73,74)75)26-37(34)31-47(44)58(63-55)68-62(52)70-61;;;;;;1-5(2,3)4;;;;/h7-22,25-31H,4,6,23-24H2,1-2H3,(H3-2,63,64,65,66,67,68,69,70,71,72,73,74,75);;;;;;(H2,1,2,3,4);;;;/q-2;+3;4*+1;;4*-1/p-1. The molecule has 0 amide bonds. The number of rotatable bonds is 16. The molecule has 0 spiro atoms. The van der Waals surface area contributed by atoms with Crippen LogP contribution < -0.4 is 139 Å². The molecule has 23 nitrogen and oxygen atoms in total. The van der Waals surface area contributed by atoms with Gasteiger partial charge in [0.25, 0.3) is 0 Å². The fourth-order valence-electron chi connectivity index (χ4n) is 12.0. The molecule has 11 aromatic rings. The van der Waals surface area contributed by atoms with Gasteiger partial charge in [-0.1, -0.05) is 5.04 Å². The van der Waals surface area contributed by atoms with E-state index in [0.717, 1.165) is 41.3 Å². The summed E-state index contributed by atoms with van der Waals surface area (Å²) in [4.78, 5) is 33.5. The van der Waals surface area contributed by atoms with Crippen LogP contribution >= 0.6 is 24.1 Å². The molecular weight excluding hydrogens is 1430 g/mol. The molecule has 9 aromatic carbocycles. The maximum Gasteiger partial charge on any atom is 1.00 e. The summed E-state index contributed by atoms with van der Waals surface area (Å²) in [6.45, 7) is 3.97. The first-order valence-electron chi connectivity index (χ1n) is 27.6. The molecule has 4 aliphatic rings. The maximum atomic E-state index is 14.1. The number of hydrogen-bond donors (Lipinski definition) is 4. The summed E-state index contributed by atoms with van der Waals surface area (Å²) >= 11 is -4.12. The Bertz CT molecular complexity index is 5620. The van der Waals surface area contributed by atoms with Gasteiger partial charge in [-0.25, -0.2) is 5.26 Å². The molecule has 0 radical (unpaired) electrons. The van der Waals surface area contributed by atoms with Crippen molar-refractivity contribution in [3.8, 4) is 34.5 Å². The Labute approximate surface area is 646 Å². The normalized spacial score (nSPS) is 13.4. The number of fused-ring (bicyclic) bond motifs is 18. The number of aromatic nitrogens is 2. The van der Waals surface area contributed by atoms with Gasteiger partial charge in [-0.15, -0.1) is 0 Å². The summed E-state index contributed by atoms with van der Waals surface area (Å²) in [5.74, 6) is 7.12. The third-order valence-corrected chi connectivity index (χ3v) is 27.0. The van der Waals surface area contributed by atoms with Crippen LogP contribution in [-0.4, -0.2) is 101 Å². The predicted molar refractivity (Wildman–Crippen MR) is 344 cm³/mol. The molecule has 0 unspecified atom stereocenters. The molecule has 6 bridgehead atoms. The van der Waals surface area contributed by atoms with Crippen LogP contribution in [0.4, 0.5) is 11.6 Å². The minimum Gasteiger partial charge on any atom is -1.00 e. The van der Waals surface area contributed by atoms with E-state index in [-0.39, 0.29) is 188 Å². The maximum absolute atomic E-state index is 14.1. The molecule has 15 rings (SSSR count). The Morgan fingerprint density at radius 3 is 1.71 bits per heavy atom. The van der Waals surface area contributed by atoms with E-state index in [1.165, 1.54) is 18.2 Å². The van der Waals surface area contributed by atoms with Crippen LogP contribution in [0.25, 0.3) is 75.8 Å². The molecule has 4 N–H and O–H groups in total. The van der Waals surface area contributed by atoms with Crippen molar-refractivity contribution in [1.82, 2.24) is 5.11 Å². The third kappa shape index (κ3) is 12.8. The minimum atomic E-state index is -5.66. The molecule has 6 heterocycles. The fraction of sp³-hybridized carbons (Fsp3) is 0.0968. The summed E-state index contributed by atoms with van der Waals surface area (Å²) < 4.78 is 109. The Balaban J connectivity index is 0.00000169. The molecule has 0 aliphatic carbocycles. The number of ether oxygens (including phenoxy) is 2. The quantitative estimate of drug-likeness (QED) is 0.0191. The van der Waals surface area contributed by atoms with Crippen molar-refractivity contribution < 1.29 is 191 Å². The first kappa shape index (κ1) is 71.0. The van der Waals surface area contributed by atoms with E-state index < -0.39 is 47.9 Å². The molecule has 454 valence electrons. The third-order valence-electron chi connectivity index (χ3n) is 15.7. The van der Waals surface area contributed by atoms with Crippen LogP contribution in [0.3, 0.4) is 0 Å². The van der Waals surface area contributed by atoms with Crippen molar-refractivity contribution >= 4 is 167 Å². The van der Waals surface area contributed by atoms with Crippen molar-refractivity contribution in [3.63, 3.8) is 0 Å². The van der Waals surface area contributed by atoms with E-state index in [9.17, 15) is 31.2 Å². The van der Waals surface area contributed by atoms with Gasteiger partial charge >= 0.3 is 638 Å². The molecule has 2 aromatic heterocycles. The molecule has 0 saturated carbocycles.